The van der Waals surface area contributed by atoms with E-state index in [-0.39, 0.29) is 0 Å². The van der Waals surface area contributed by atoms with Crippen molar-refractivity contribution in [3.63, 3.8) is 0 Å². The molecule has 0 amide bonds. The van der Waals surface area contributed by atoms with Crippen LogP contribution in [0.4, 0.5) is 11.4 Å². The molecule has 2 aromatic rings. The van der Waals surface area contributed by atoms with E-state index in [2.05, 4.69) is 54.0 Å². The Morgan fingerprint density at radius 3 is 2.27 bits per heavy atom. The molecule has 0 atom stereocenters. The normalized spacial score (nSPS) is 16.0. The van der Waals surface area contributed by atoms with Crippen molar-refractivity contribution < 1.29 is 0 Å². The molecule has 2 aromatic carbocycles. The minimum atomic E-state index is 0.837. The van der Waals surface area contributed by atoms with Crippen molar-refractivity contribution in [1.82, 2.24) is 4.90 Å². The summed E-state index contributed by atoms with van der Waals surface area (Å²) in [6, 6.07) is 14.8. The number of nitrogen functional groups attached to an aromatic ring is 1. The first-order chi connectivity index (χ1) is 10.6. The van der Waals surface area contributed by atoms with Gasteiger partial charge in [-0.2, -0.15) is 0 Å². The van der Waals surface area contributed by atoms with Crippen LogP contribution in [0.1, 0.15) is 16.7 Å². The van der Waals surface area contributed by atoms with Crippen LogP contribution in [0.3, 0.4) is 0 Å². The predicted octanol–water partition coefficient (Wildman–Crippen LogP) is 3.21. The Morgan fingerprint density at radius 2 is 1.59 bits per heavy atom. The van der Waals surface area contributed by atoms with Gasteiger partial charge < -0.3 is 10.6 Å². The zero-order chi connectivity index (χ0) is 15.5. The van der Waals surface area contributed by atoms with Gasteiger partial charge in [0.1, 0.15) is 0 Å². The Morgan fingerprint density at radius 1 is 0.909 bits per heavy atom. The van der Waals surface area contributed by atoms with Gasteiger partial charge in [-0.25, -0.2) is 0 Å². The number of rotatable bonds is 3. The molecule has 0 saturated carbocycles. The highest BCUT2D eigenvalue weighted by Crippen LogP contribution is 2.24. The monoisotopic (exact) mass is 295 g/mol. The number of nitrogens with zero attached hydrogens (tertiary/aromatic N) is 2. The van der Waals surface area contributed by atoms with Crippen LogP contribution < -0.4 is 10.6 Å². The maximum absolute atomic E-state index is 5.75. The minimum Gasteiger partial charge on any atom is -0.399 e. The fraction of sp³-hybridized carbons (Fsp3) is 0.368. The summed E-state index contributed by atoms with van der Waals surface area (Å²) in [4.78, 5) is 5.04. The second-order valence-electron chi connectivity index (χ2n) is 6.22. The number of nitrogens with two attached hydrogens (primary N) is 1. The Balaban J connectivity index is 1.60. The number of piperazine rings is 1. The molecule has 0 aromatic heterocycles. The summed E-state index contributed by atoms with van der Waals surface area (Å²) in [5, 5.41) is 0. The first kappa shape index (κ1) is 14.9. The quantitative estimate of drug-likeness (QED) is 0.883. The Hall–Kier alpha value is -2.00. The second kappa shape index (κ2) is 6.41. The molecule has 3 heteroatoms. The van der Waals surface area contributed by atoms with E-state index in [9.17, 15) is 0 Å². The fourth-order valence-electron chi connectivity index (χ4n) is 3.11. The molecule has 3 nitrogen and oxygen atoms in total. The van der Waals surface area contributed by atoms with Crippen molar-refractivity contribution in [2.45, 2.75) is 20.4 Å². The molecule has 0 aliphatic carbocycles. The van der Waals surface area contributed by atoms with Gasteiger partial charge in [-0.3, -0.25) is 4.90 Å². The van der Waals surface area contributed by atoms with E-state index >= 15 is 0 Å². The van der Waals surface area contributed by atoms with Gasteiger partial charge in [0.15, 0.2) is 0 Å². The molecule has 1 heterocycles. The molecule has 116 valence electrons. The highest BCUT2D eigenvalue weighted by Gasteiger charge is 2.18. The molecule has 1 aliphatic heterocycles. The van der Waals surface area contributed by atoms with Gasteiger partial charge in [0.05, 0.1) is 0 Å². The number of aryl methyl sites for hydroxylation is 1. The lowest BCUT2D eigenvalue weighted by Gasteiger charge is -2.37. The van der Waals surface area contributed by atoms with Crippen LogP contribution in [-0.4, -0.2) is 31.1 Å². The summed E-state index contributed by atoms with van der Waals surface area (Å²) in [5.74, 6) is 0. The van der Waals surface area contributed by atoms with Crippen molar-refractivity contribution in [3.8, 4) is 0 Å². The van der Waals surface area contributed by atoms with Crippen LogP contribution in [0.2, 0.25) is 0 Å². The zero-order valence-corrected chi connectivity index (χ0v) is 13.5. The van der Waals surface area contributed by atoms with Gasteiger partial charge in [-0.15, -0.1) is 0 Å². The topological polar surface area (TPSA) is 32.5 Å². The third kappa shape index (κ3) is 3.25. The van der Waals surface area contributed by atoms with Crippen molar-refractivity contribution in [2.75, 3.05) is 36.8 Å². The van der Waals surface area contributed by atoms with E-state index < -0.39 is 0 Å². The molecule has 1 aliphatic rings. The smallest absolute Gasteiger partial charge is 0.0399 e. The Bertz CT molecular complexity index is 626. The first-order valence-electron chi connectivity index (χ1n) is 8.01. The third-order valence-electron chi connectivity index (χ3n) is 4.67. The molecular formula is C19H25N3. The van der Waals surface area contributed by atoms with Gasteiger partial charge in [0.25, 0.3) is 0 Å². The van der Waals surface area contributed by atoms with Crippen molar-refractivity contribution in [1.29, 1.82) is 0 Å². The standard InChI is InChI=1S/C19H25N3/c1-15-4-3-5-19(16(15)2)22-12-10-21(11-13-22)14-17-6-8-18(20)9-7-17/h3-9H,10-14,20H2,1-2H3. The zero-order valence-electron chi connectivity index (χ0n) is 13.5. The van der Waals surface area contributed by atoms with Crippen LogP contribution >= 0.6 is 0 Å². The number of anilines is 2. The van der Waals surface area contributed by atoms with Gasteiger partial charge in [0, 0.05) is 44.1 Å². The second-order valence-corrected chi connectivity index (χ2v) is 6.22. The Labute approximate surface area is 133 Å². The maximum atomic E-state index is 5.75. The molecule has 0 spiro atoms. The van der Waals surface area contributed by atoms with E-state index in [1.807, 2.05) is 12.1 Å². The van der Waals surface area contributed by atoms with Gasteiger partial charge in [0.2, 0.25) is 0 Å². The summed E-state index contributed by atoms with van der Waals surface area (Å²) in [6.45, 7) is 9.84. The lowest BCUT2D eigenvalue weighted by atomic mass is 10.1. The minimum absolute atomic E-state index is 0.837. The molecule has 0 bridgehead atoms. The van der Waals surface area contributed by atoms with Crippen molar-refractivity contribution >= 4 is 11.4 Å². The van der Waals surface area contributed by atoms with Crippen molar-refractivity contribution in [2.24, 2.45) is 0 Å². The van der Waals surface area contributed by atoms with Gasteiger partial charge >= 0.3 is 0 Å². The summed E-state index contributed by atoms with van der Waals surface area (Å²) < 4.78 is 0. The summed E-state index contributed by atoms with van der Waals surface area (Å²) in [7, 11) is 0. The highest BCUT2D eigenvalue weighted by molar-refractivity contribution is 5.56. The lowest BCUT2D eigenvalue weighted by molar-refractivity contribution is 0.250. The molecule has 3 rings (SSSR count). The number of hydrogen-bond donors (Lipinski definition) is 1. The third-order valence-corrected chi connectivity index (χ3v) is 4.67. The van der Waals surface area contributed by atoms with Crippen LogP contribution in [0.15, 0.2) is 42.5 Å². The molecule has 1 saturated heterocycles. The Kier molecular flexibility index (Phi) is 4.34. The molecular weight excluding hydrogens is 270 g/mol. The maximum Gasteiger partial charge on any atom is 0.0399 e. The van der Waals surface area contributed by atoms with E-state index in [0.717, 1.165) is 38.4 Å². The summed E-state index contributed by atoms with van der Waals surface area (Å²) in [5.41, 5.74) is 12.1. The number of hydrogen-bond acceptors (Lipinski definition) is 3. The highest BCUT2D eigenvalue weighted by atomic mass is 15.3. The molecule has 0 unspecified atom stereocenters. The molecule has 22 heavy (non-hydrogen) atoms. The van der Waals surface area contributed by atoms with Gasteiger partial charge in [-0.05, 0) is 48.7 Å². The first-order valence-corrected chi connectivity index (χ1v) is 8.01. The largest absolute Gasteiger partial charge is 0.399 e. The molecule has 0 radical (unpaired) electrons. The predicted molar refractivity (Wildman–Crippen MR) is 94.3 cm³/mol. The fourth-order valence-corrected chi connectivity index (χ4v) is 3.11. The average molecular weight is 295 g/mol. The lowest BCUT2D eigenvalue weighted by Crippen LogP contribution is -2.46. The molecule has 2 N–H and O–H groups in total. The van der Waals surface area contributed by atoms with Crippen LogP contribution in [-0.2, 0) is 6.54 Å². The van der Waals surface area contributed by atoms with Crippen LogP contribution in [0, 0.1) is 13.8 Å². The van der Waals surface area contributed by atoms with Crippen LogP contribution in [0.5, 0.6) is 0 Å². The summed E-state index contributed by atoms with van der Waals surface area (Å²) >= 11 is 0. The van der Waals surface area contributed by atoms with E-state index in [4.69, 9.17) is 5.73 Å². The van der Waals surface area contributed by atoms with E-state index in [1.54, 1.807) is 0 Å². The summed E-state index contributed by atoms with van der Waals surface area (Å²) in [6.07, 6.45) is 0. The van der Waals surface area contributed by atoms with Gasteiger partial charge in [-0.1, -0.05) is 24.3 Å². The van der Waals surface area contributed by atoms with E-state index in [1.165, 1.54) is 22.4 Å². The van der Waals surface area contributed by atoms with E-state index in [0.29, 0.717) is 0 Å². The van der Waals surface area contributed by atoms with Crippen LogP contribution in [0.25, 0.3) is 0 Å². The SMILES string of the molecule is Cc1cccc(N2CCN(Cc3ccc(N)cc3)CC2)c1C. The average Bonchev–Trinajstić information content (AvgIpc) is 2.53. The number of benzene rings is 2. The molecule has 1 fully saturated rings. The van der Waals surface area contributed by atoms with Crippen molar-refractivity contribution in [3.05, 3.63) is 59.2 Å².